The molecule has 0 spiro atoms. The zero-order valence-electron chi connectivity index (χ0n) is 10.9. The molecular formula is C11H10O8SZn. The molecule has 21 heavy (non-hydrogen) atoms. The van der Waals surface area contributed by atoms with Crippen molar-refractivity contribution in [1.29, 1.82) is 0 Å². The first-order chi connectivity index (χ1) is 9.04. The van der Waals surface area contributed by atoms with E-state index in [1.54, 1.807) is 0 Å². The summed E-state index contributed by atoms with van der Waals surface area (Å²) in [6.45, 7) is 4.48. The van der Waals surface area contributed by atoms with Crippen LogP contribution < -0.4 is 14.4 Å². The fraction of sp³-hybridized carbons (Fsp3) is 0.0909. The van der Waals surface area contributed by atoms with Crippen molar-refractivity contribution < 1.29 is 56.4 Å². The van der Waals surface area contributed by atoms with E-state index in [-0.39, 0.29) is 25.1 Å². The van der Waals surface area contributed by atoms with Gasteiger partial charge in [-0.05, 0) is 24.6 Å². The van der Waals surface area contributed by atoms with Crippen LogP contribution in [0.15, 0.2) is 36.4 Å². The van der Waals surface area contributed by atoms with E-state index in [1.807, 2.05) is 0 Å². The van der Waals surface area contributed by atoms with Gasteiger partial charge in [0.25, 0.3) is 0 Å². The molecule has 0 saturated carbocycles. The van der Waals surface area contributed by atoms with Gasteiger partial charge in [0, 0.05) is 5.56 Å². The number of carboxylic acids is 2. The molecule has 0 amide bonds. The number of aromatic carboxylic acids is 1. The van der Waals surface area contributed by atoms with Crippen LogP contribution in [-0.2, 0) is 34.7 Å². The Labute approximate surface area is 133 Å². The Morgan fingerprint density at radius 1 is 1.24 bits per heavy atom. The van der Waals surface area contributed by atoms with E-state index in [0.717, 1.165) is 12.1 Å². The summed E-state index contributed by atoms with van der Waals surface area (Å²) in [5.41, 5.74) is -0.389. The van der Waals surface area contributed by atoms with Crippen LogP contribution in [0.25, 0.3) is 0 Å². The third kappa shape index (κ3) is 9.72. The summed E-state index contributed by atoms with van der Waals surface area (Å²) in [6, 6.07) is 4.89. The van der Waals surface area contributed by atoms with Crippen molar-refractivity contribution in [3.63, 3.8) is 0 Å². The summed E-state index contributed by atoms with van der Waals surface area (Å²) in [5.74, 6) is -3.27. The van der Waals surface area contributed by atoms with E-state index >= 15 is 0 Å². The van der Waals surface area contributed by atoms with Crippen LogP contribution in [0, 0.1) is 0 Å². The van der Waals surface area contributed by atoms with Crippen molar-refractivity contribution in [1.82, 2.24) is 0 Å². The first-order valence-electron chi connectivity index (χ1n) is 4.88. The van der Waals surface area contributed by atoms with Crippen molar-refractivity contribution in [3.05, 3.63) is 42.0 Å². The number of para-hydroxylation sites is 1. The maximum absolute atomic E-state index is 10.4. The molecule has 0 aliphatic rings. The molecule has 0 aromatic heterocycles. The Morgan fingerprint density at radius 3 is 2.00 bits per heavy atom. The third-order valence-corrected chi connectivity index (χ3v) is 2.04. The predicted octanol–water partition coefficient (Wildman–Crippen LogP) is -1.46. The second-order valence-corrected chi connectivity index (χ2v) is 4.38. The summed E-state index contributed by atoms with van der Waals surface area (Å²) in [5, 5.41) is 19.9. The number of carboxylic acid groups (broad SMARTS) is 2. The van der Waals surface area contributed by atoms with Crippen LogP contribution >= 0.6 is 0 Å². The number of hydrogen-bond acceptors (Lipinski definition) is 7. The summed E-state index contributed by atoms with van der Waals surface area (Å²) in [6.07, 6.45) is 0. The average Bonchev–Trinajstić information content (AvgIpc) is 2.27. The van der Waals surface area contributed by atoms with Gasteiger partial charge in [0.1, 0.15) is 0 Å². The topological polar surface area (TPSA) is 144 Å². The molecule has 0 fully saturated rings. The van der Waals surface area contributed by atoms with Gasteiger partial charge in [-0.25, -0.2) is 0 Å². The second-order valence-electron chi connectivity index (χ2n) is 3.36. The van der Waals surface area contributed by atoms with Crippen LogP contribution in [0.2, 0.25) is 0 Å². The number of hydrogen-bond donors (Lipinski definition) is 1. The third-order valence-electron chi connectivity index (χ3n) is 1.65. The van der Waals surface area contributed by atoms with Gasteiger partial charge in [0.15, 0.2) is 5.75 Å². The van der Waals surface area contributed by atoms with Gasteiger partial charge < -0.3 is 24.0 Å². The molecular weight excluding hydrogens is 358 g/mol. The molecule has 0 aliphatic carbocycles. The molecule has 0 radical (unpaired) electrons. The molecule has 1 N–H and O–H groups in total. The van der Waals surface area contributed by atoms with Crippen LogP contribution in [0.3, 0.4) is 0 Å². The number of rotatable bonds is 4. The van der Waals surface area contributed by atoms with Gasteiger partial charge in [-0.2, -0.15) is 8.42 Å². The summed E-state index contributed by atoms with van der Waals surface area (Å²) < 4.78 is 32.9. The molecule has 1 rings (SSSR count). The molecule has 0 unspecified atom stereocenters. The monoisotopic (exact) mass is 366 g/mol. The molecule has 10 heteroatoms. The van der Waals surface area contributed by atoms with E-state index in [9.17, 15) is 28.2 Å². The second kappa shape index (κ2) is 9.22. The minimum atomic E-state index is -4.72. The van der Waals surface area contributed by atoms with Gasteiger partial charge >= 0.3 is 29.9 Å². The minimum Gasteiger partial charge on any atom is -0.545 e. The van der Waals surface area contributed by atoms with Crippen molar-refractivity contribution in [3.8, 4) is 5.75 Å². The molecule has 0 atom stereocenters. The molecule has 0 heterocycles. The van der Waals surface area contributed by atoms with Gasteiger partial charge in [-0.3, -0.25) is 4.55 Å². The van der Waals surface area contributed by atoms with Crippen molar-refractivity contribution in [2.75, 3.05) is 0 Å². The van der Waals surface area contributed by atoms with Crippen LogP contribution in [0.5, 0.6) is 5.75 Å². The maximum atomic E-state index is 10.4. The van der Waals surface area contributed by atoms with Gasteiger partial charge in [0.2, 0.25) is 0 Å². The Hall–Kier alpha value is -1.77. The Kier molecular flexibility index (Phi) is 9.45. The van der Waals surface area contributed by atoms with Crippen LogP contribution in [-0.4, -0.2) is 24.9 Å². The Morgan fingerprint density at radius 2 is 1.67 bits per heavy atom. The van der Waals surface area contributed by atoms with Gasteiger partial charge in [0.05, 0.1) is 11.9 Å². The largest absolute Gasteiger partial charge is 2.00 e. The van der Waals surface area contributed by atoms with Crippen LogP contribution in [0.1, 0.15) is 17.3 Å². The molecule has 0 saturated heterocycles. The quantitative estimate of drug-likeness (QED) is 0.386. The zero-order chi connectivity index (χ0) is 15.9. The standard InChI is InChI=1S/C7H6O6S.C4H6O2.Zn/c8-7(9)5-3-1-2-4-6(5)13-14(10,11)12;1-3(2)4(5)6;/h1-4H,(H,8,9)(H,10,11,12);1H2,2H3,(H,5,6);/q;;+2/p-2. The van der Waals surface area contributed by atoms with Gasteiger partial charge in [-0.1, -0.05) is 18.7 Å². The van der Waals surface area contributed by atoms with E-state index in [0.29, 0.717) is 0 Å². The minimum absolute atomic E-state index is 0. The van der Waals surface area contributed by atoms with E-state index in [2.05, 4.69) is 10.8 Å². The smallest absolute Gasteiger partial charge is 0.545 e. The molecule has 8 nitrogen and oxygen atoms in total. The summed E-state index contributed by atoms with van der Waals surface area (Å²) >= 11 is 0. The van der Waals surface area contributed by atoms with Crippen molar-refractivity contribution >= 4 is 22.3 Å². The molecule has 0 aliphatic heterocycles. The number of carbonyl (C=O) groups is 2. The first kappa shape index (κ1) is 21.5. The average molecular weight is 368 g/mol. The van der Waals surface area contributed by atoms with E-state index < -0.39 is 33.7 Å². The maximum Gasteiger partial charge on any atom is 2.00 e. The van der Waals surface area contributed by atoms with Crippen LogP contribution in [0.4, 0.5) is 0 Å². The Balaban J connectivity index is 0. The Bertz CT molecular complexity index is 611. The predicted molar refractivity (Wildman–Crippen MR) is 62.8 cm³/mol. The molecule has 1 aromatic carbocycles. The SMILES string of the molecule is C=C(C)C(=O)[O-].O=C([O-])c1ccccc1OS(=O)(=O)O.[Zn+2]. The number of aliphatic carboxylic acids is 1. The van der Waals surface area contributed by atoms with E-state index in [4.69, 9.17) is 4.55 Å². The molecule has 0 bridgehead atoms. The fourth-order valence-corrected chi connectivity index (χ4v) is 1.19. The normalized spacial score (nSPS) is 9.43. The molecule has 110 valence electrons. The summed E-state index contributed by atoms with van der Waals surface area (Å²) in [7, 11) is -4.72. The fourth-order valence-electron chi connectivity index (χ4n) is 0.821. The number of benzene rings is 1. The zero-order valence-corrected chi connectivity index (χ0v) is 14.7. The molecule has 1 aromatic rings. The first-order valence-corrected chi connectivity index (χ1v) is 6.25. The van der Waals surface area contributed by atoms with Crippen molar-refractivity contribution in [2.45, 2.75) is 6.92 Å². The van der Waals surface area contributed by atoms with Gasteiger partial charge in [-0.15, -0.1) is 0 Å². The number of carbonyl (C=O) groups excluding carboxylic acids is 2. The summed E-state index contributed by atoms with van der Waals surface area (Å²) in [4.78, 5) is 19.9. The van der Waals surface area contributed by atoms with Crippen molar-refractivity contribution in [2.24, 2.45) is 0 Å². The van der Waals surface area contributed by atoms with E-state index in [1.165, 1.54) is 19.1 Å².